The van der Waals surface area contributed by atoms with E-state index in [1.54, 1.807) is 6.26 Å². The standard InChI is InChI=1S/C46H26O3/c1-2-9-27(10-3-1)29-17-19-38-36(25-29)44-40(48-38)21-22-41-45(44)37-26-30(18-20-39(37)49-41)42-31-12-4-6-14-33(31)43(34-15-7-5-13-32(34)42)35-16-8-11-28-23-24-47-46(28)35/h1-26H. The lowest BCUT2D eigenvalue weighted by Gasteiger charge is -2.18. The Morgan fingerprint density at radius 3 is 1.55 bits per heavy atom. The molecular weight excluding hydrogens is 601 g/mol. The van der Waals surface area contributed by atoms with Crippen LogP contribution in [0.3, 0.4) is 0 Å². The summed E-state index contributed by atoms with van der Waals surface area (Å²) in [7, 11) is 0. The van der Waals surface area contributed by atoms with Crippen LogP contribution in [0, 0.1) is 0 Å². The average Bonchev–Trinajstić information content (AvgIpc) is 3.89. The van der Waals surface area contributed by atoms with Gasteiger partial charge in [0.1, 0.15) is 27.9 Å². The molecule has 8 aromatic carbocycles. The fourth-order valence-corrected chi connectivity index (χ4v) is 8.02. The molecule has 0 spiro atoms. The Morgan fingerprint density at radius 1 is 0.347 bits per heavy atom. The summed E-state index contributed by atoms with van der Waals surface area (Å²) >= 11 is 0. The Bertz CT molecular complexity index is 3040. The van der Waals surface area contributed by atoms with Crippen LogP contribution in [0.4, 0.5) is 0 Å². The van der Waals surface area contributed by atoms with Crippen molar-refractivity contribution in [3.63, 3.8) is 0 Å². The van der Waals surface area contributed by atoms with E-state index in [1.807, 2.05) is 24.3 Å². The molecule has 0 aliphatic carbocycles. The van der Waals surface area contributed by atoms with Gasteiger partial charge in [-0.1, -0.05) is 109 Å². The van der Waals surface area contributed by atoms with Gasteiger partial charge in [-0.25, -0.2) is 0 Å². The van der Waals surface area contributed by atoms with Crippen LogP contribution in [0.25, 0.3) is 110 Å². The largest absolute Gasteiger partial charge is 0.464 e. The third-order valence-corrected chi connectivity index (χ3v) is 10.1. The minimum atomic E-state index is 0.851. The van der Waals surface area contributed by atoms with Gasteiger partial charge >= 0.3 is 0 Å². The fraction of sp³-hybridized carbons (Fsp3) is 0. The molecule has 0 bridgehead atoms. The van der Waals surface area contributed by atoms with Gasteiger partial charge in [0.05, 0.1) is 6.26 Å². The number of para-hydroxylation sites is 1. The van der Waals surface area contributed by atoms with Crippen molar-refractivity contribution in [3.05, 3.63) is 158 Å². The molecule has 0 aliphatic heterocycles. The predicted molar refractivity (Wildman–Crippen MR) is 202 cm³/mol. The number of furan rings is 3. The first-order valence-corrected chi connectivity index (χ1v) is 16.6. The Kier molecular flexibility index (Phi) is 5.38. The Morgan fingerprint density at radius 2 is 0.898 bits per heavy atom. The van der Waals surface area contributed by atoms with Crippen LogP contribution in [-0.2, 0) is 0 Å². The Balaban J connectivity index is 1.22. The van der Waals surface area contributed by atoms with Gasteiger partial charge in [-0.3, -0.25) is 0 Å². The van der Waals surface area contributed by atoms with Gasteiger partial charge in [0.15, 0.2) is 0 Å². The van der Waals surface area contributed by atoms with E-state index in [1.165, 1.54) is 38.2 Å². The highest BCUT2D eigenvalue weighted by molar-refractivity contribution is 6.28. The summed E-state index contributed by atoms with van der Waals surface area (Å²) in [6.07, 6.45) is 1.78. The molecule has 0 N–H and O–H groups in total. The molecule has 3 aromatic heterocycles. The van der Waals surface area contributed by atoms with Crippen molar-refractivity contribution in [1.29, 1.82) is 0 Å². The Hall–Kier alpha value is -6.58. The summed E-state index contributed by atoms with van der Waals surface area (Å²) in [4.78, 5) is 0. The SMILES string of the molecule is c1ccc(-c2ccc3oc4ccc5oc6ccc(-c7c8ccccc8c(-c8cccc9ccoc89)c8ccccc78)cc6c5c4c3c2)cc1. The van der Waals surface area contributed by atoms with Crippen LogP contribution in [0.2, 0.25) is 0 Å². The normalized spacial score (nSPS) is 12.1. The maximum absolute atomic E-state index is 6.52. The van der Waals surface area contributed by atoms with Crippen molar-refractivity contribution < 1.29 is 13.3 Å². The second-order valence-electron chi connectivity index (χ2n) is 12.8. The van der Waals surface area contributed by atoms with E-state index in [0.717, 1.165) is 71.5 Å². The molecule has 0 aliphatic rings. The monoisotopic (exact) mass is 626 g/mol. The highest BCUT2D eigenvalue weighted by Gasteiger charge is 2.21. The van der Waals surface area contributed by atoms with Gasteiger partial charge < -0.3 is 13.3 Å². The molecule has 0 saturated heterocycles. The molecule has 3 heterocycles. The Labute approximate surface area is 280 Å². The minimum Gasteiger partial charge on any atom is -0.464 e. The first-order valence-electron chi connectivity index (χ1n) is 16.6. The van der Waals surface area contributed by atoms with E-state index in [0.29, 0.717) is 0 Å². The summed E-state index contributed by atoms with van der Waals surface area (Å²) in [5.74, 6) is 0. The van der Waals surface area contributed by atoms with Gasteiger partial charge in [-0.2, -0.15) is 0 Å². The number of fused-ring (bicyclic) bond motifs is 10. The highest BCUT2D eigenvalue weighted by atomic mass is 16.3. The van der Waals surface area contributed by atoms with Gasteiger partial charge in [-0.15, -0.1) is 0 Å². The van der Waals surface area contributed by atoms with Crippen molar-refractivity contribution in [2.24, 2.45) is 0 Å². The number of hydrogen-bond acceptors (Lipinski definition) is 3. The van der Waals surface area contributed by atoms with E-state index < -0.39 is 0 Å². The van der Waals surface area contributed by atoms with Gasteiger partial charge in [0.2, 0.25) is 0 Å². The van der Waals surface area contributed by atoms with Crippen molar-refractivity contribution in [1.82, 2.24) is 0 Å². The van der Waals surface area contributed by atoms with Crippen molar-refractivity contribution in [3.8, 4) is 33.4 Å². The number of hydrogen-bond donors (Lipinski definition) is 0. The average molecular weight is 627 g/mol. The van der Waals surface area contributed by atoms with E-state index in [2.05, 4.69) is 127 Å². The smallest absolute Gasteiger partial charge is 0.141 e. The molecule has 228 valence electrons. The topological polar surface area (TPSA) is 39.4 Å². The maximum atomic E-state index is 6.52. The molecule has 0 unspecified atom stereocenters. The van der Waals surface area contributed by atoms with Crippen LogP contribution in [-0.4, -0.2) is 0 Å². The van der Waals surface area contributed by atoms with Crippen LogP contribution in [0.1, 0.15) is 0 Å². The van der Waals surface area contributed by atoms with Crippen LogP contribution in [0.15, 0.2) is 171 Å². The zero-order valence-electron chi connectivity index (χ0n) is 26.2. The number of rotatable bonds is 3. The molecule has 0 radical (unpaired) electrons. The fourth-order valence-electron chi connectivity index (χ4n) is 8.02. The summed E-state index contributed by atoms with van der Waals surface area (Å²) in [6, 6.07) is 53.6. The van der Waals surface area contributed by atoms with Crippen molar-refractivity contribution >= 4 is 76.4 Å². The van der Waals surface area contributed by atoms with E-state index in [9.17, 15) is 0 Å². The minimum absolute atomic E-state index is 0.851. The van der Waals surface area contributed by atoms with E-state index >= 15 is 0 Å². The van der Waals surface area contributed by atoms with Gasteiger partial charge in [0, 0.05) is 38.1 Å². The van der Waals surface area contributed by atoms with Gasteiger partial charge in [0.25, 0.3) is 0 Å². The van der Waals surface area contributed by atoms with Gasteiger partial charge in [-0.05, 0) is 86.3 Å². The third-order valence-electron chi connectivity index (χ3n) is 10.1. The van der Waals surface area contributed by atoms with Crippen molar-refractivity contribution in [2.75, 3.05) is 0 Å². The lowest BCUT2D eigenvalue weighted by molar-refractivity contribution is 0.617. The lowest BCUT2D eigenvalue weighted by atomic mass is 9.85. The first kappa shape index (κ1) is 26.5. The second-order valence-corrected chi connectivity index (χ2v) is 12.8. The maximum Gasteiger partial charge on any atom is 0.141 e. The van der Waals surface area contributed by atoms with Crippen LogP contribution < -0.4 is 0 Å². The molecular formula is C46H26O3. The summed E-state index contributed by atoms with van der Waals surface area (Å²) in [6.45, 7) is 0. The molecule has 3 heteroatoms. The molecule has 0 saturated carbocycles. The zero-order valence-corrected chi connectivity index (χ0v) is 26.2. The van der Waals surface area contributed by atoms with E-state index in [4.69, 9.17) is 13.3 Å². The second kappa shape index (κ2) is 9.96. The molecule has 0 fully saturated rings. The lowest BCUT2D eigenvalue weighted by Crippen LogP contribution is -1.91. The molecule has 3 nitrogen and oxygen atoms in total. The van der Waals surface area contributed by atoms with Crippen LogP contribution >= 0.6 is 0 Å². The summed E-state index contributed by atoms with van der Waals surface area (Å²) in [5.41, 5.74) is 11.3. The predicted octanol–water partition coefficient (Wildman–Crippen LogP) is 13.5. The zero-order chi connectivity index (χ0) is 32.1. The summed E-state index contributed by atoms with van der Waals surface area (Å²) < 4.78 is 19.0. The summed E-state index contributed by atoms with van der Waals surface area (Å²) in [5, 5.41) is 10.2. The quantitative estimate of drug-likeness (QED) is 0.183. The highest BCUT2D eigenvalue weighted by Crippen LogP contribution is 2.47. The molecule has 11 aromatic rings. The molecule has 0 atom stereocenters. The van der Waals surface area contributed by atoms with Crippen molar-refractivity contribution in [2.45, 2.75) is 0 Å². The first-order chi connectivity index (χ1) is 24.3. The number of benzene rings is 8. The van der Waals surface area contributed by atoms with Crippen LogP contribution in [0.5, 0.6) is 0 Å². The van der Waals surface area contributed by atoms with E-state index in [-0.39, 0.29) is 0 Å². The third kappa shape index (κ3) is 3.78. The molecule has 49 heavy (non-hydrogen) atoms. The molecule has 0 amide bonds. The molecule has 11 rings (SSSR count).